The Morgan fingerprint density at radius 1 is 1.00 bits per heavy atom. The lowest BCUT2D eigenvalue weighted by Gasteiger charge is -2.16. The number of hydrogen-bond donors (Lipinski definition) is 1. The van der Waals surface area contributed by atoms with Crippen LogP contribution < -0.4 is 4.72 Å². The van der Waals surface area contributed by atoms with Crippen molar-refractivity contribution in [3.63, 3.8) is 0 Å². The molecule has 3 nitrogen and oxygen atoms in total. The third kappa shape index (κ3) is 3.51. The van der Waals surface area contributed by atoms with Crippen molar-refractivity contribution >= 4 is 10.0 Å². The summed E-state index contributed by atoms with van der Waals surface area (Å²) in [6.07, 6.45) is 0. The zero-order valence-corrected chi connectivity index (χ0v) is 13.3. The molecule has 2 aromatic rings. The van der Waals surface area contributed by atoms with Crippen molar-refractivity contribution in [3.05, 3.63) is 64.7 Å². The highest BCUT2D eigenvalue weighted by molar-refractivity contribution is 7.89. The van der Waals surface area contributed by atoms with E-state index in [9.17, 15) is 17.2 Å². The van der Waals surface area contributed by atoms with Gasteiger partial charge in [-0.15, -0.1) is 0 Å². The van der Waals surface area contributed by atoms with Gasteiger partial charge in [0.1, 0.15) is 0 Å². The van der Waals surface area contributed by atoms with E-state index in [2.05, 4.69) is 4.72 Å². The molecule has 0 saturated carbocycles. The van der Waals surface area contributed by atoms with Crippen LogP contribution in [0, 0.1) is 25.5 Å². The summed E-state index contributed by atoms with van der Waals surface area (Å²) in [5.41, 5.74) is 1.95. The minimum atomic E-state index is -3.74. The average molecular weight is 325 g/mol. The van der Waals surface area contributed by atoms with Crippen LogP contribution in [0.1, 0.15) is 29.7 Å². The second kappa shape index (κ2) is 6.14. The monoisotopic (exact) mass is 325 g/mol. The zero-order chi connectivity index (χ0) is 16.5. The summed E-state index contributed by atoms with van der Waals surface area (Å²) in [5, 5.41) is 0. The molecule has 0 fully saturated rings. The summed E-state index contributed by atoms with van der Waals surface area (Å²) < 4.78 is 53.5. The molecule has 0 saturated heterocycles. The van der Waals surface area contributed by atoms with Gasteiger partial charge in [0, 0.05) is 6.04 Å². The van der Waals surface area contributed by atoms with Gasteiger partial charge >= 0.3 is 0 Å². The van der Waals surface area contributed by atoms with E-state index in [0.29, 0.717) is 11.1 Å². The Kier molecular flexibility index (Phi) is 4.63. The molecule has 1 atom stereocenters. The van der Waals surface area contributed by atoms with E-state index in [1.54, 1.807) is 26.0 Å². The molecule has 0 spiro atoms. The molecule has 6 heteroatoms. The second-order valence-electron chi connectivity index (χ2n) is 5.29. The van der Waals surface area contributed by atoms with Gasteiger partial charge in [0.05, 0.1) is 4.90 Å². The minimum absolute atomic E-state index is 0.174. The molecule has 0 aromatic heterocycles. The first kappa shape index (κ1) is 16.6. The molecule has 0 aliphatic rings. The molecule has 22 heavy (non-hydrogen) atoms. The Morgan fingerprint density at radius 3 is 2.27 bits per heavy atom. The molecule has 118 valence electrons. The summed E-state index contributed by atoms with van der Waals surface area (Å²) in [4.78, 5) is 0.174. The molecular weight excluding hydrogens is 308 g/mol. The van der Waals surface area contributed by atoms with Crippen LogP contribution in [0.4, 0.5) is 8.78 Å². The molecule has 1 N–H and O–H groups in total. The molecule has 0 aliphatic carbocycles. The van der Waals surface area contributed by atoms with Crippen LogP contribution in [0.25, 0.3) is 0 Å². The molecule has 0 amide bonds. The van der Waals surface area contributed by atoms with Crippen molar-refractivity contribution in [2.24, 2.45) is 0 Å². The van der Waals surface area contributed by atoms with Gasteiger partial charge in [0.15, 0.2) is 11.6 Å². The zero-order valence-electron chi connectivity index (χ0n) is 12.5. The van der Waals surface area contributed by atoms with Crippen LogP contribution in [-0.2, 0) is 10.0 Å². The van der Waals surface area contributed by atoms with Crippen molar-refractivity contribution in [3.8, 4) is 0 Å². The first-order valence-corrected chi connectivity index (χ1v) is 8.23. The predicted octanol–water partition coefficient (Wildman–Crippen LogP) is 3.62. The lowest BCUT2D eigenvalue weighted by Crippen LogP contribution is -2.27. The highest BCUT2D eigenvalue weighted by Gasteiger charge is 2.21. The van der Waals surface area contributed by atoms with Crippen molar-refractivity contribution in [1.29, 1.82) is 0 Å². The first-order valence-electron chi connectivity index (χ1n) is 6.75. The molecule has 0 aliphatic heterocycles. The van der Waals surface area contributed by atoms with E-state index in [-0.39, 0.29) is 4.90 Å². The Hall–Kier alpha value is -1.79. The van der Waals surface area contributed by atoms with E-state index < -0.39 is 27.7 Å². The smallest absolute Gasteiger partial charge is 0.207 e. The third-order valence-corrected chi connectivity index (χ3v) is 5.10. The molecule has 0 radical (unpaired) electrons. The number of rotatable bonds is 4. The van der Waals surface area contributed by atoms with E-state index in [1.165, 1.54) is 12.1 Å². The molecule has 0 unspecified atom stereocenters. The van der Waals surface area contributed by atoms with Crippen molar-refractivity contribution in [2.75, 3.05) is 0 Å². The Balaban J connectivity index is 2.29. The van der Waals surface area contributed by atoms with Gasteiger partial charge in [0.2, 0.25) is 10.0 Å². The molecule has 0 heterocycles. The summed E-state index contributed by atoms with van der Waals surface area (Å²) in [6.45, 7) is 5.16. The fourth-order valence-corrected chi connectivity index (χ4v) is 3.71. The normalized spacial score (nSPS) is 13.1. The van der Waals surface area contributed by atoms with Gasteiger partial charge in [-0.25, -0.2) is 21.9 Å². The number of hydrogen-bond acceptors (Lipinski definition) is 2. The van der Waals surface area contributed by atoms with E-state index in [0.717, 1.165) is 17.7 Å². The maximum atomic E-state index is 13.3. The number of nitrogens with one attached hydrogen (secondary N) is 1. The molecular formula is C16H17F2NO2S. The van der Waals surface area contributed by atoms with Crippen molar-refractivity contribution < 1.29 is 17.2 Å². The number of sulfonamides is 1. The number of benzene rings is 2. The van der Waals surface area contributed by atoms with Crippen LogP contribution >= 0.6 is 0 Å². The number of halogens is 2. The van der Waals surface area contributed by atoms with Crippen LogP contribution in [0.5, 0.6) is 0 Å². The highest BCUT2D eigenvalue weighted by Crippen LogP contribution is 2.21. The van der Waals surface area contributed by atoms with E-state index in [1.807, 2.05) is 6.92 Å². The Morgan fingerprint density at radius 2 is 1.68 bits per heavy atom. The van der Waals surface area contributed by atoms with Crippen LogP contribution in [-0.4, -0.2) is 8.42 Å². The SMILES string of the molecule is Cc1ccc(S(=O)(=O)N[C@@H](C)c2ccc(F)c(F)c2)c(C)c1. The number of aryl methyl sites for hydroxylation is 2. The van der Waals surface area contributed by atoms with Crippen molar-refractivity contribution in [1.82, 2.24) is 4.72 Å². The fraction of sp³-hybridized carbons (Fsp3) is 0.250. The van der Waals surface area contributed by atoms with Gasteiger partial charge in [-0.3, -0.25) is 0 Å². The van der Waals surface area contributed by atoms with Crippen molar-refractivity contribution in [2.45, 2.75) is 31.7 Å². The van der Waals surface area contributed by atoms with Gasteiger partial charge in [-0.05, 0) is 50.1 Å². The summed E-state index contributed by atoms with van der Waals surface area (Å²) >= 11 is 0. The van der Waals surface area contributed by atoms with E-state index >= 15 is 0 Å². The quantitative estimate of drug-likeness (QED) is 0.933. The standard InChI is InChI=1S/C16H17F2NO2S/c1-10-4-7-16(11(2)8-10)22(20,21)19-12(3)13-5-6-14(17)15(18)9-13/h4-9,12,19H,1-3H3/t12-/m0/s1. The van der Waals surface area contributed by atoms with Gasteiger partial charge in [-0.2, -0.15) is 0 Å². The van der Waals surface area contributed by atoms with Gasteiger partial charge in [0.25, 0.3) is 0 Å². The minimum Gasteiger partial charge on any atom is -0.207 e. The third-order valence-electron chi connectivity index (χ3n) is 3.40. The Bertz CT molecular complexity index is 804. The van der Waals surface area contributed by atoms with Gasteiger partial charge in [-0.1, -0.05) is 23.8 Å². The van der Waals surface area contributed by atoms with Crippen LogP contribution in [0.15, 0.2) is 41.3 Å². The summed E-state index contributed by atoms with van der Waals surface area (Å²) in [6, 6.07) is 7.66. The topological polar surface area (TPSA) is 46.2 Å². The maximum absolute atomic E-state index is 13.3. The largest absolute Gasteiger partial charge is 0.241 e. The van der Waals surface area contributed by atoms with E-state index in [4.69, 9.17) is 0 Å². The average Bonchev–Trinajstić information content (AvgIpc) is 2.40. The summed E-state index contributed by atoms with van der Waals surface area (Å²) in [7, 11) is -3.74. The highest BCUT2D eigenvalue weighted by atomic mass is 32.2. The second-order valence-corrected chi connectivity index (χ2v) is 6.97. The molecule has 2 rings (SSSR count). The Labute approximate surface area is 129 Å². The summed E-state index contributed by atoms with van der Waals surface area (Å²) in [5.74, 6) is -1.97. The predicted molar refractivity (Wildman–Crippen MR) is 81.0 cm³/mol. The maximum Gasteiger partial charge on any atom is 0.241 e. The first-order chi connectivity index (χ1) is 10.2. The van der Waals surface area contributed by atoms with Crippen LogP contribution in [0.2, 0.25) is 0 Å². The molecule has 0 bridgehead atoms. The molecule has 2 aromatic carbocycles. The van der Waals surface area contributed by atoms with Crippen LogP contribution in [0.3, 0.4) is 0 Å². The lowest BCUT2D eigenvalue weighted by atomic mass is 10.1. The lowest BCUT2D eigenvalue weighted by molar-refractivity contribution is 0.504. The van der Waals surface area contributed by atoms with Gasteiger partial charge < -0.3 is 0 Å². The fourth-order valence-electron chi connectivity index (χ4n) is 2.25.